The standard InChI is InChI=1S/C12H14N4O2S/c1-3-7-13-12(19)15(2)14-9-10-5-4-6-11(8-10)16(17)18/h3-6,8-9H,1,7H2,2H3,(H,13,19). The molecule has 6 nitrogen and oxygen atoms in total. The number of nitro groups is 1. The summed E-state index contributed by atoms with van der Waals surface area (Å²) in [6.45, 7) is 4.12. The first kappa shape index (κ1) is 14.8. The number of hydrazone groups is 1. The van der Waals surface area contributed by atoms with Crippen LogP contribution in [0.3, 0.4) is 0 Å². The lowest BCUT2D eigenvalue weighted by Crippen LogP contribution is -2.33. The van der Waals surface area contributed by atoms with Gasteiger partial charge in [-0.2, -0.15) is 5.10 Å². The van der Waals surface area contributed by atoms with Crippen LogP contribution >= 0.6 is 12.2 Å². The second-order valence-electron chi connectivity index (χ2n) is 3.60. The smallest absolute Gasteiger partial charge is 0.270 e. The van der Waals surface area contributed by atoms with Gasteiger partial charge in [-0.05, 0) is 12.2 Å². The molecule has 0 radical (unpaired) electrons. The fraction of sp³-hybridized carbons (Fsp3) is 0.167. The fourth-order valence-electron chi connectivity index (χ4n) is 1.20. The van der Waals surface area contributed by atoms with E-state index < -0.39 is 4.92 Å². The number of benzene rings is 1. The monoisotopic (exact) mass is 278 g/mol. The molecule has 0 aliphatic rings. The van der Waals surface area contributed by atoms with E-state index in [-0.39, 0.29) is 5.69 Å². The molecule has 0 fully saturated rings. The largest absolute Gasteiger partial charge is 0.358 e. The number of hydrogen-bond donors (Lipinski definition) is 1. The van der Waals surface area contributed by atoms with E-state index in [2.05, 4.69) is 17.0 Å². The third-order valence-electron chi connectivity index (χ3n) is 2.15. The van der Waals surface area contributed by atoms with Crippen molar-refractivity contribution in [2.45, 2.75) is 0 Å². The van der Waals surface area contributed by atoms with Gasteiger partial charge < -0.3 is 5.32 Å². The summed E-state index contributed by atoms with van der Waals surface area (Å²) in [7, 11) is 1.69. The molecule has 0 aromatic heterocycles. The van der Waals surface area contributed by atoms with Gasteiger partial charge in [-0.1, -0.05) is 18.2 Å². The number of rotatable bonds is 5. The highest BCUT2D eigenvalue weighted by Gasteiger charge is 2.04. The summed E-state index contributed by atoms with van der Waals surface area (Å²) in [6, 6.07) is 6.20. The highest BCUT2D eigenvalue weighted by atomic mass is 32.1. The number of hydrogen-bond acceptors (Lipinski definition) is 4. The minimum absolute atomic E-state index is 0.0268. The Labute approximate surface area is 116 Å². The summed E-state index contributed by atoms with van der Waals surface area (Å²) in [5.74, 6) is 0. The number of thiocarbonyl (C=S) groups is 1. The Kier molecular flexibility index (Phi) is 5.62. The van der Waals surface area contributed by atoms with Crippen molar-refractivity contribution in [2.24, 2.45) is 5.10 Å². The molecule has 100 valence electrons. The van der Waals surface area contributed by atoms with Gasteiger partial charge in [0.25, 0.3) is 5.69 Å². The summed E-state index contributed by atoms with van der Waals surface area (Å²) in [5.41, 5.74) is 0.659. The predicted octanol–water partition coefficient (Wildman–Crippen LogP) is 1.92. The van der Waals surface area contributed by atoms with Crippen molar-refractivity contribution in [2.75, 3.05) is 13.6 Å². The fourth-order valence-corrected chi connectivity index (χ4v) is 1.33. The van der Waals surface area contributed by atoms with Gasteiger partial charge in [0.2, 0.25) is 0 Å². The summed E-state index contributed by atoms with van der Waals surface area (Å²) in [4.78, 5) is 10.2. The van der Waals surface area contributed by atoms with Gasteiger partial charge in [0.05, 0.1) is 11.1 Å². The second-order valence-corrected chi connectivity index (χ2v) is 3.98. The maximum Gasteiger partial charge on any atom is 0.270 e. The molecule has 0 heterocycles. The van der Waals surface area contributed by atoms with E-state index in [9.17, 15) is 10.1 Å². The first-order valence-corrected chi connectivity index (χ1v) is 5.86. The molecular formula is C12H14N4O2S. The van der Waals surface area contributed by atoms with Crippen molar-refractivity contribution in [3.05, 3.63) is 52.6 Å². The Morgan fingerprint density at radius 3 is 3.05 bits per heavy atom. The van der Waals surface area contributed by atoms with Crippen molar-refractivity contribution in [3.8, 4) is 0 Å². The van der Waals surface area contributed by atoms with E-state index >= 15 is 0 Å². The van der Waals surface area contributed by atoms with Crippen molar-refractivity contribution in [3.63, 3.8) is 0 Å². The minimum Gasteiger partial charge on any atom is -0.358 e. The lowest BCUT2D eigenvalue weighted by molar-refractivity contribution is -0.384. The summed E-state index contributed by atoms with van der Waals surface area (Å²) in [5, 5.41) is 19.6. The molecule has 7 heteroatoms. The van der Waals surface area contributed by atoms with E-state index in [4.69, 9.17) is 12.2 Å². The Balaban J connectivity index is 2.70. The van der Waals surface area contributed by atoms with E-state index in [1.807, 2.05) is 0 Å². The Bertz CT molecular complexity index is 516. The van der Waals surface area contributed by atoms with Crippen molar-refractivity contribution < 1.29 is 4.92 Å². The molecule has 0 aliphatic carbocycles. The third-order valence-corrected chi connectivity index (χ3v) is 2.56. The van der Waals surface area contributed by atoms with E-state index in [1.165, 1.54) is 23.4 Å². The van der Waals surface area contributed by atoms with E-state index in [0.29, 0.717) is 17.2 Å². The normalized spacial score (nSPS) is 10.2. The van der Waals surface area contributed by atoms with Gasteiger partial charge in [0, 0.05) is 31.3 Å². The van der Waals surface area contributed by atoms with Crippen LogP contribution in [-0.4, -0.2) is 34.9 Å². The molecule has 1 N–H and O–H groups in total. The quantitative estimate of drug-likeness (QED) is 0.293. The summed E-state index contributed by atoms with van der Waals surface area (Å²) < 4.78 is 0. The average Bonchev–Trinajstić information content (AvgIpc) is 2.42. The van der Waals surface area contributed by atoms with Crippen LogP contribution in [0.1, 0.15) is 5.56 Å². The number of non-ortho nitro benzene ring substituents is 1. The Morgan fingerprint density at radius 2 is 2.42 bits per heavy atom. The third kappa shape index (κ3) is 4.84. The highest BCUT2D eigenvalue weighted by Crippen LogP contribution is 2.11. The molecule has 19 heavy (non-hydrogen) atoms. The Hall–Kier alpha value is -2.28. The van der Waals surface area contributed by atoms with Crippen LogP contribution in [0, 0.1) is 10.1 Å². The second kappa shape index (κ2) is 7.22. The predicted molar refractivity (Wildman–Crippen MR) is 79.3 cm³/mol. The van der Waals surface area contributed by atoms with Crippen LogP contribution in [-0.2, 0) is 0 Å². The summed E-state index contributed by atoms with van der Waals surface area (Å²) in [6.07, 6.45) is 3.19. The van der Waals surface area contributed by atoms with Crippen LogP contribution in [0.25, 0.3) is 0 Å². The molecule has 0 amide bonds. The molecule has 0 unspecified atom stereocenters. The Morgan fingerprint density at radius 1 is 1.68 bits per heavy atom. The van der Waals surface area contributed by atoms with Crippen LogP contribution < -0.4 is 5.32 Å². The number of nitro benzene ring substituents is 1. The van der Waals surface area contributed by atoms with Gasteiger partial charge in [-0.3, -0.25) is 10.1 Å². The van der Waals surface area contributed by atoms with Crippen molar-refractivity contribution in [1.29, 1.82) is 0 Å². The number of nitrogens with zero attached hydrogens (tertiary/aromatic N) is 3. The van der Waals surface area contributed by atoms with Crippen molar-refractivity contribution >= 4 is 29.2 Å². The molecule has 0 spiro atoms. The maximum atomic E-state index is 10.6. The van der Waals surface area contributed by atoms with E-state index in [0.717, 1.165) is 0 Å². The van der Waals surface area contributed by atoms with Gasteiger partial charge >= 0.3 is 0 Å². The van der Waals surface area contributed by atoms with Crippen LogP contribution in [0.4, 0.5) is 5.69 Å². The molecule has 0 saturated heterocycles. The first-order chi connectivity index (χ1) is 9.04. The number of nitrogens with one attached hydrogen (secondary N) is 1. The van der Waals surface area contributed by atoms with Gasteiger partial charge in [-0.15, -0.1) is 6.58 Å². The van der Waals surface area contributed by atoms with Gasteiger partial charge in [0.15, 0.2) is 5.11 Å². The van der Waals surface area contributed by atoms with Gasteiger partial charge in [0.1, 0.15) is 0 Å². The minimum atomic E-state index is -0.447. The zero-order valence-corrected chi connectivity index (χ0v) is 11.3. The molecule has 1 aromatic carbocycles. The molecule has 0 bridgehead atoms. The van der Waals surface area contributed by atoms with Gasteiger partial charge in [-0.25, -0.2) is 5.01 Å². The zero-order chi connectivity index (χ0) is 14.3. The van der Waals surface area contributed by atoms with E-state index in [1.54, 1.807) is 25.3 Å². The SMILES string of the molecule is C=CCNC(=S)N(C)N=Cc1cccc([N+](=O)[O-])c1. The van der Waals surface area contributed by atoms with Crippen LogP contribution in [0.15, 0.2) is 42.0 Å². The lowest BCUT2D eigenvalue weighted by atomic mass is 10.2. The first-order valence-electron chi connectivity index (χ1n) is 5.45. The molecule has 1 aromatic rings. The zero-order valence-electron chi connectivity index (χ0n) is 10.4. The maximum absolute atomic E-state index is 10.6. The summed E-state index contributed by atoms with van der Waals surface area (Å²) >= 11 is 5.07. The highest BCUT2D eigenvalue weighted by molar-refractivity contribution is 7.80. The lowest BCUT2D eigenvalue weighted by Gasteiger charge is -2.14. The molecule has 0 atom stereocenters. The molecular weight excluding hydrogens is 264 g/mol. The van der Waals surface area contributed by atoms with Crippen molar-refractivity contribution in [1.82, 2.24) is 10.3 Å². The van der Waals surface area contributed by atoms with Crippen LogP contribution in [0.2, 0.25) is 0 Å². The molecule has 0 saturated carbocycles. The van der Waals surface area contributed by atoms with Crippen LogP contribution in [0.5, 0.6) is 0 Å². The molecule has 1 rings (SSSR count). The molecule has 0 aliphatic heterocycles. The topological polar surface area (TPSA) is 70.8 Å². The average molecular weight is 278 g/mol.